The number of ether oxygens (including phenoxy) is 1. The standard InChI is InChI=1S/C18H24N2O3/c21-17(13-23-14-7-2-1-3-8-14)19-15-9-4-5-10-16(15)20-12-6-11-18(20)22/h4-5,9-10,14H,1-3,6-8,11-13H2,(H,19,21). The maximum Gasteiger partial charge on any atom is 0.250 e. The molecule has 0 radical (unpaired) electrons. The van der Waals surface area contributed by atoms with Gasteiger partial charge in [-0.05, 0) is 31.4 Å². The normalized spacial score (nSPS) is 19.1. The smallest absolute Gasteiger partial charge is 0.250 e. The lowest BCUT2D eigenvalue weighted by Gasteiger charge is -2.22. The molecular formula is C18H24N2O3. The molecule has 124 valence electrons. The summed E-state index contributed by atoms with van der Waals surface area (Å²) in [6, 6.07) is 7.46. The van der Waals surface area contributed by atoms with Crippen molar-refractivity contribution < 1.29 is 14.3 Å². The molecule has 2 aliphatic rings. The molecule has 2 amide bonds. The highest BCUT2D eigenvalue weighted by Crippen LogP contribution is 2.29. The first kappa shape index (κ1) is 16.0. The number of nitrogens with one attached hydrogen (secondary N) is 1. The fourth-order valence-corrected chi connectivity index (χ4v) is 3.33. The van der Waals surface area contributed by atoms with E-state index in [0.29, 0.717) is 18.7 Å². The number of carbonyl (C=O) groups excluding carboxylic acids is 2. The zero-order valence-corrected chi connectivity index (χ0v) is 13.4. The van der Waals surface area contributed by atoms with E-state index in [9.17, 15) is 9.59 Å². The van der Waals surface area contributed by atoms with Crippen LogP contribution < -0.4 is 10.2 Å². The zero-order chi connectivity index (χ0) is 16.1. The molecule has 1 N–H and O–H groups in total. The minimum Gasteiger partial charge on any atom is -0.368 e. The van der Waals surface area contributed by atoms with Crippen LogP contribution in [0.25, 0.3) is 0 Å². The molecule has 0 atom stereocenters. The first-order valence-electron chi connectivity index (χ1n) is 8.55. The lowest BCUT2D eigenvalue weighted by atomic mass is 9.98. The highest BCUT2D eigenvalue weighted by molar-refractivity contribution is 6.02. The van der Waals surface area contributed by atoms with E-state index >= 15 is 0 Å². The van der Waals surface area contributed by atoms with E-state index < -0.39 is 0 Å². The molecule has 0 spiro atoms. The highest BCUT2D eigenvalue weighted by Gasteiger charge is 2.24. The molecule has 5 nitrogen and oxygen atoms in total. The molecular weight excluding hydrogens is 292 g/mol. The molecule has 1 saturated heterocycles. The van der Waals surface area contributed by atoms with Crippen molar-refractivity contribution in [3.8, 4) is 0 Å². The van der Waals surface area contributed by atoms with Gasteiger partial charge in [0, 0.05) is 13.0 Å². The van der Waals surface area contributed by atoms with E-state index in [2.05, 4.69) is 5.32 Å². The van der Waals surface area contributed by atoms with Gasteiger partial charge in [-0.2, -0.15) is 0 Å². The molecule has 23 heavy (non-hydrogen) atoms. The first-order valence-corrected chi connectivity index (χ1v) is 8.55. The SMILES string of the molecule is O=C(COC1CCCCC1)Nc1ccccc1N1CCCC1=O. The number of amides is 2. The minimum absolute atomic E-state index is 0.0763. The predicted molar refractivity (Wildman–Crippen MR) is 89.5 cm³/mol. The maximum absolute atomic E-state index is 12.2. The summed E-state index contributed by atoms with van der Waals surface area (Å²) in [5, 5.41) is 2.89. The van der Waals surface area contributed by atoms with Crippen LogP contribution in [0.1, 0.15) is 44.9 Å². The van der Waals surface area contributed by atoms with Crippen LogP contribution in [0.3, 0.4) is 0 Å². The summed E-state index contributed by atoms with van der Waals surface area (Å²) in [6.07, 6.45) is 7.39. The topological polar surface area (TPSA) is 58.6 Å². The van der Waals surface area contributed by atoms with E-state index in [-0.39, 0.29) is 24.5 Å². The third kappa shape index (κ3) is 4.10. The summed E-state index contributed by atoms with van der Waals surface area (Å²) < 4.78 is 5.71. The van der Waals surface area contributed by atoms with Crippen molar-refractivity contribution in [3.05, 3.63) is 24.3 Å². The van der Waals surface area contributed by atoms with E-state index in [4.69, 9.17) is 4.74 Å². The zero-order valence-electron chi connectivity index (χ0n) is 13.4. The Kier molecular flexibility index (Phi) is 5.28. The van der Waals surface area contributed by atoms with Gasteiger partial charge in [0.1, 0.15) is 6.61 Å². The largest absolute Gasteiger partial charge is 0.368 e. The summed E-state index contributed by atoms with van der Waals surface area (Å²) in [4.78, 5) is 25.8. The number of nitrogens with zero attached hydrogens (tertiary/aromatic N) is 1. The Bertz CT molecular complexity index is 567. The molecule has 3 rings (SSSR count). The average Bonchev–Trinajstić information content (AvgIpc) is 3.00. The van der Waals surface area contributed by atoms with Crippen LogP contribution in [0, 0.1) is 0 Å². The second-order valence-electron chi connectivity index (χ2n) is 6.29. The molecule has 1 aliphatic heterocycles. The number of hydrogen-bond acceptors (Lipinski definition) is 3. The van der Waals surface area contributed by atoms with Crippen molar-refractivity contribution >= 4 is 23.2 Å². The van der Waals surface area contributed by atoms with Crippen LogP contribution in [0.2, 0.25) is 0 Å². The third-order valence-electron chi connectivity index (χ3n) is 4.54. The van der Waals surface area contributed by atoms with Crippen molar-refractivity contribution in [2.45, 2.75) is 51.0 Å². The first-order chi connectivity index (χ1) is 11.2. The maximum atomic E-state index is 12.2. The van der Waals surface area contributed by atoms with Crippen LogP contribution >= 0.6 is 0 Å². The van der Waals surface area contributed by atoms with Gasteiger partial charge < -0.3 is 15.0 Å². The molecule has 1 aromatic carbocycles. The van der Waals surface area contributed by atoms with E-state index in [1.807, 2.05) is 24.3 Å². The van der Waals surface area contributed by atoms with Crippen molar-refractivity contribution in [2.24, 2.45) is 0 Å². The van der Waals surface area contributed by atoms with Gasteiger partial charge in [0.25, 0.3) is 0 Å². The molecule has 1 aromatic rings. The van der Waals surface area contributed by atoms with E-state index in [1.165, 1.54) is 19.3 Å². The van der Waals surface area contributed by atoms with Gasteiger partial charge in [-0.15, -0.1) is 0 Å². The predicted octanol–water partition coefficient (Wildman–Crippen LogP) is 3.10. The van der Waals surface area contributed by atoms with Gasteiger partial charge in [-0.1, -0.05) is 31.4 Å². The monoisotopic (exact) mass is 316 g/mol. The van der Waals surface area contributed by atoms with Crippen molar-refractivity contribution in [1.29, 1.82) is 0 Å². The summed E-state index contributed by atoms with van der Waals surface area (Å²) in [5.41, 5.74) is 1.46. The minimum atomic E-state index is -0.158. The van der Waals surface area contributed by atoms with Gasteiger partial charge >= 0.3 is 0 Å². The number of anilines is 2. The fourth-order valence-electron chi connectivity index (χ4n) is 3.33. The molecule has 1 aliphatic carbocycles. The van der Waals surface area contributed by atoms with Gasteiger partial charge in [-0.25, -0.2) is 0 Å². The van der Waals surface area contributed by atoms with Crippen LogP contribution in [0.5, 0.6) is 0 Å². The Morgan fingerprint density at radius 3 is 2.70 bits per heavy atom. The number of para-hydroxylation sites is 2. The van der Waals surface area contributed by atoms with Gasteiger partial charge in [0.2, 0.25) is 11.8 Å². The van der Waals surface area contributed by atoms with Gasteiger partial charge in [0.05, 0.1) is 17.5 Å². The number of rotatable bonds is 5. The Morgan fingerprint density at radius 1 is 1.17 bits per heavy atom. The molecule has 0 aromatic heterocycles. The Labute approximate surface area is 137 Å². The van der Waals surface area contributed by atoms with Crippen molar-refractivity contribution in [3.63, 3.8) is 0 Å². The number of hydrogen-bond donors (Lipinski definition) is 1. The van der Waals surface area contributed by atoms with E-state index in [0.717, 1.165) is 24.9 Å². The molecule has 1 heterocycles. The quantitative estimate of drug-likeness (QED) is 0.908. The van der Waals surface area contributed by atoms with Crippen molar-refractivity contribution in [2.75, 3.05) is 23.4 Å². The Balaban J connectivity index is 1.58. The lowest BCUT2D eigenvalue weighted by molar-refractivity contribution is -0.123. The van der Waals surface area contributed by atoms with Crippen LogP contribution in [-0.2, 0) is 14.3 Å². The van der Waals surface area contributed by atoms with Gasteiger partial charge in [-0.3, -0.25) is 9.59 Å². The summed E-state index contributed by atoms with van der Waals surface area (Å²) in [7, 11) is 0. The average molecular weight is 316 g/mol. The van der Waals surface area contributed by atoms with Crippen LogP contribution in [0.4, 0.5) is 11.4 Å². The number of carbonyl (C=O) groups is 2. The fraction of sp³-hybridized carbons (Fsp3) is 0.556. The molecule has 5 heteroatoms. The van der Waals surface area contributed by atoms with Crippen molar-refractivity contribution in [1.82, 2.24) is 0 Å². The molecule has 0 bridgehead atoms. The number of benzene rings is 1. The Morgan fingerprint density at radius 2 is 1.96 bits per heavy atom. The van der Waals surface area contributed by atoms with Crippen LogP contribution in [0.15, 0.2) is 24.3 Å². The summed E-state index contributed by atoms with van der Waals surface area (Å²) in [5.74, 6) is -0.0418. The third-order valence-corrected chi connectivity index (χ3v) is 4.54. The lowest BCUT2D eigenvalue weighted by Crippen LogP contribution is -2.27. The van der Waals surface area contributed by atoms with Gasteiger partial charge in [0.15, 0.2) is 0 Å². The Hall–Kier alpha value is -1.88. The summed E-state index contributed by atoms with van der Waals surface area (Å²) in [6.45, 7) is 0.789. The molecule has 0 unspecified atom stereocenters. The molecule has 2 fully saturated rings. The highest BCUT2D eigenvalue weighted by atomic mass is 16.5. The second kappa shape index (κ2) is 7.59. The molecule has 1 saturated carbocycles. The summed E-state index contributed by atoms with van der Waals surface area (Å²) >= 11 is 0. The van der Waals surface area contributed by atoms with E-state index in [1.54, 1.807) is 4.90 Å². The second-order valence-corrected chi connectivity index (χ2v) is 6.29. The van der Waals surface area contributed by atoms with Crippen LogP contribution in [-0.4, -0.2) is 31.1 Å².